The molecular weight excluding hydrogens is 206 g/mol. The Hall–Kier alpha value is -1.33. The SMILES string of the molecule is COC1(CNc2cccnc2N)CCOC1. The van der Waals surface area contributed by atoms with E-state index in [1.54, 1.807) is 13.3 Å². The summed E-state index contributed by atoms with van der Waals surface area (Å²) in [6.07, 6.45) is 2.57. The Kier molecular flexibility index (Phi) is 3.26. The van der Waals surface area contributed by atoms with Gasteiger partial charge < -0.3 is 20.5 Å². The van der Waals surface area contributed by atoms with Crippen LogP contribution in [0.3, 0.4) is 0 Å². The van der Waals surface area contributed by atoms with Crippen LogP contribution in [-0.4, -0.2) is 37.5 Å². The first-order chi connectivity index (χ1) is 7.76. The summed E-state index contributed by atoms with van der Waals surface area (Å²) in [7, 11) is 1.71. The minimum Gasteiger partial charge on any atom is -0.382 e. The largest absolute Gasteiger partial charge is 0.382 e. The van der Waals surface area contributed by atoms with E-state index in [1.165, 1.54) is 0 Å². The van der Waals surface area contributed by atoms with Gasteiger partial charge in [0.1, 0.15) is 11.4 Å². The molecule has 0 bridgehead atoms. The molecule has 2 rings (SSSR count). The first-order valence-corrected chi connectivity index (χ1v) is 5.33. The number of aromatic nitrogens is 1. The molecule has 5 nitrogen and oxygen atoms in total. The zero-order chi connectivity index (χ0) is 11.4. The third-order valence-electron chi connectivity index (χ3n) is 2.94. The lowest BCUT2D eigenvalue weighted by molar-refractivity contribution is -0.00619. The number of methoxy groups -OCH3 is 1. The predicted octanol–water partition coefficient (Wildman–Crippen LogP) is 0.881. The molecule has 16 heavy (non-hydrogen) atoms. The summed E-state index contributed by atoms with van der Waals surface area (Å²) < 4.78 is 10.9. The molecule has 0 aromatic carbocycles. The van der Waals surface area contributed by atoms with Crippen molar-refractivity contribution in [2.45, 2.75) is 12.0 Å². The zero-order valence-electron chi connectivity index (χ0n) is 9.40. The number of ether oxygens (including phenoxy) is 2. The Bertz CT molecular complexity index is 351. The number of nitrogens with two attached hydrogens (primary N) is 1. The fraction of sp³-hybridized carbons (Fsp3) is 0.545. The summed E-state index contributed by atoms with van der Waals surface area (Å²) in [6, 6.07) is 3.75. The lowest BCUT2D eigenvalue weighted by Crippen LogP contribution is -2.39. The second kappa shape index (κ2) is 4.67. The van der Waals surface area contributed by atoms with Gasteiger partial charge >= 0.3 is 0 Å². The van der Waals surface area contributed by atoms with Gasteiger partial charge in [0.15, 0.2) is 0 Å². The van der Waals surface area contributed by atoms with E-state index >= 15 is 0 Å². The molecule has 1 aromatic heterocycles. The Morgan fingerprint density at radius 3 is 3.19 bits per heavy atom. The second-order valence-corrected chi connectivity index (χ2v) is 3.98. The molecule has 2 heterocycles. The predicted molar refractivity (Wildman–Crippen MR) is 62.3 cm³/mol. The number of rotatable bonds is 4. The van der Waals surface area contributed by atoms with Gasteiger partial charge in [0.2, 0.25) is 0 Å². The first kappa shape index (κ1) is 11.2. The maximum atomic E-state index is 5.74. The molecule has 1 atom stereocenters. The van der Waals surface area contributed by atoms with E-state index in [0.29, 0.717) is 19.0 Å². The summed E-state index contributed by atoms with van der Waals surface area (Å²) in [5, 5.41) is 3.25. The van der Waals surface area contributed by atoms with Crippen molar-refractivity contribution in [3.05, 3.63) is 18.3 Å². The second-order valence-electron chi connectivity index (χ2n) is 3.98. The van der Waals surface area contributed by atoms with Crippen LogP contribution < -0.4 is 11.1 Å². The first-order valence-electron chi connectivity index (χ1n) is 5.33. The molecule has 3 N–H and O–H groups in total. The van der Waals surface area contributed by atoms with E-state index in [0.717, 1.165) is 18.7 Å². The smallest absolute Gasteiger partial charge is 0.146 e. The third kappa shape index (κ3) is 2.25. The van der Waals surface area contributed by atoms with Crippen molar-refractivity contribution in [1.82, 2.24) is 4.98 Å². The highest BCUT2D eigenvalue weighted by molar-refractivity contribution is 5.61. The van der Waals surface area contributed by atoms with Crippen LogP contribution in [0.5, 0.6) is 0 Å². The molecule has 1 aromatic rings. The number of nitrogen functional groups attached to an aromatic ring is 1. The molecule has 0 aliphatic carbocycles. The van der Waals surface area contributed by atoms with E-state index in [9.17, 15) is 0 Å². The van der Waals surface area contributed by atoms with Crippen molar-refractivity contribution in [2.24, 2.45) is 0 Å². The summed E-state index contributed by atoms with van der Waals surface area (Å²) in [5.41, 5.74) is 6.35. The average Bonchev–Trinajstić information content (AvgIpc) is 2.78. The van der Waals surface area contributed by atoms with Crippen LogP contribution in [-0.2, 0) is 9.47 Å². The minimum atomic E-state index is -0.234. The average molecular weight is 223 g/mol. The monoisotopic (exact) mass is 223 g/mol. The van der Waals surface area contributed by atoms with Crippen molar-refractivity contribution in [3.8, 4) is 0 Å². The van der Waals surface area contributed by atoms with E-state index in [1.807, 2.05) is 12.1 Å². The summed E-state index contributed by atoms with van der Waals surface area (Å²) in [6.45, 7) is 2.05. The topological polar surface area (TPSA) is 69.4 Å². The van der Waals surface area contributed by atoms with Gasteiger partial charge in [-0.2, -0.15) is 0 Å². The van der Waals surface area contributed by atoms with E-state index in [4.69, 9.17) is 15.2 Å². The van der Waals surface area contributed by atoms with Crippen LogP contribution in [0.1, 0.15) is 6.42 Å². The highest BCUT2D eigenvalue weighted by Gasteiger charge is 2.34. The quantitative estimate of drug-likeness (QED) is 0.793. The van der Waals surface area contributed by atoms with Gasteiger partial charge in [-0.05, 0) is 12.1 Å². The van der Waals surface area contributed by atoms with Crippen LogP contribution in [0.2, 0.25) is 0 Å². The van der Waals surface area contributed by atoms with Gasteiger partial charge in [-0.15, -0.1) is 0 Å². The molecule has 0 amide bonds. The van der Waals surface area contributed by atoms with Crippen molar-refractivity contribution in [3.63, 3.8) is 0 Å². The van der Waals surface area contributed by atoms with Crippen molar-refractivity contribution < 1.29 is 9.47 Å². The molecule has 1 aliphatic rings. The molecule has 1 fully saturated rings. The van der Waals surface area contributed by atoms with Crippen LogP contribution in [0, 0.1) is 0 Å². The van der Waals surface area contributed by atoms with Gasteiger partial charge in [0, 0.05) is 32.9 Å². The summed E-state index contributed by atoms with van der Waals surface area (Å²) >= 11 is 0. The van der Waals surface area contributed by atoms with Gasteiger partial charge in [-0.25, -0.2) is 4.98 Å². The standard InChI is InChI=1S/C11H17N3O2/c1-15-11(4-6-16-8-11)7-14-9-3-2-5-13-10(9)12/h2-3,5,14H,4,6-8H2,1H3,(H2,12,13). The molecule has 5 heteroatoms. The third-order valence-corrected chi connectivity index (χ3v) is 2.94. The highest BCUT2D eigenvalue weighted by Crippen LogP contribution is 2.24. The highest BCUT2D eigenvalue weighted by atomic mass is 16.5. The molecular formula is C11H17N3O2. The maximum Gasteiger partial charge on any atom is 0.146 e. The maximum absolute atomic E-state index is 5.74. The number of pyridine rings is 1. The number of nitrogens with one attached hydrogen (secondary N) is 1. The minimum absolute atomic E-state index is 0.234. The van der Waals surface area contributed by atoms with Crippen molar-refractivity contribution in [2.75, 3.05) is 37.9 Å². The Morgan fingerprint density at radius 1 is 1.69 bits per heavy atom. The van der Waals surface area contributed by atoms with Crippen LogP contribution >= 0.6 is 0 Å². The number of nitrogens with zero attached hydrogens (tertiary/aromatic N) is 1. The van der Waals surface area contributed by atoms with Gasteiger partial charge in [-0.1, -0.05) is 0 Å². The fourth-order valence-electron chi connectivity index (χ4n) is 1.78. The van der Waals surface area contributed by atoms with Gasteiger partial charge in [0.05, 0.1) is 12.3 Å². The molecule has 1 aliphatic heterocycles. The molecule has 1 unspecified atom stereocenters. The summed E-state index contributed by atoms with van der Waals surface area (Å²) in [5.74, 6) is 0.507. The Balaban J connectivity index is 1.98. The number of hydrogen-bond acceptors (Lipinski definition) is 5. The number of anilines is 2. The normalized spacial score (nSPS) is 24.6. The van der Waals surface area contributed by atoms with Crippen molar-refractivity contribution >= 4 is 11.5 Å². The lowest BCUT2D eigenvalue weighted by atomic mass is 10.0. The van der Waals surface area contributed by atoms with E-state index in [2.05, 4.69) is 10.3 Å². The zero-order valence-corrected chi connectivity index (χ0v) is 9.40. The molecule has 0 saturated carbocycles. The van der Waals surface area contributed by atoms with E-state index < -0.39 is 0 Å². The lowest BCUT2D eigenvalue weighted by Gasteiger charge is -2.26. The summed E-state index contributed by atoms with van der Waals surface area (Å²) in [4.78, 5) is 4.02. The Labute approximate surface area is 95.0 Å². The molecule has 88 valence electrons. The van der Waals surface area contributed by atoms with Gasteiger partial charge in [0.25, 0.3) is 0 Å². The molecule has 0 radical (unpaired) electrons. The number of hydrogen-bond donors (Lipinski definition) is 2. The molecule has 1 saturated heterocycles. The van der Waals surface area contributed by atoms with Crippen LogP contribution in [0.25, 0.3) is 0 Å². The van der Waals surface area contributed by atoms with E-state index in [-0.39, 0.29) is 5.60 Å². The van der Waals surface area contributed by atoms with Crippen LogP contribution in [0.4, 0.5) is 11.5 Å². The van der Waals surface area contributed by atoms with Crippen molar-refractivity contribution in [1.29, 1.82) is 0 Å². The van der Waals surface area contributed by atoms with Crippen LogP contribution in [0.15, 0.2) is 18.3 Å². The molecule has 0 spiro atoms. The van der Waals surface area contributed by atoms with Gasteiger partial charge in [-0.3, -0.25) is 0 Å². The fourth-order valence-corrected chi connectivity index (χ4v) is 1.78. The Morgan fingerprint density at radius 2 is 2.56 bits per heavy atom.